The van der Waals surface area contributed by atoms with E-state index in [1.807, 2.05) is 0 Å². The molecular formula is C33H35NP2. The predicted octanol–water partition coefficient (Wildman–Crippen LogP) is 8.95. The second-order valence-electron chi connectivity index (χ2n) is 10.1. The number of rotatable bonds is 7. The van der Waals surface area contributed by atoms with E-state index in [4.69, 9.17) is 0 Å². The molecule has 2 aliphatic rings. The van der Waals surface area contributed by atoms with Gasteiger partial charge in [0, 0.05) is 25.4 Å². The second-order valence-corrected chi connectivity index (χ2v) is 14.9. The summed E-state index contributed by atoms with van der Waals surface area (Å²) in [6.07, 6.45) is 7.96. The topological polar surface area (TPSA) is 3.24 Å². The minimum atomic E-state index is -0.608. The van der Waals surface area contributed by atoms with Gasteiger partial charge in [-0.05, 0) is 55.5 Å². The lowest BCUT2D eigenvalue weighted by Gasteiger charge is -2.46. The molecule has 0 radical (unpaired) electrons. The predicted molar refractivity (Wildman–Crippen MR) is 158 cm³/mol. The zero-order valence-corrected chi connectivity index (χ0v) is 22.7. The van der Waals surface area contributed by atoms with Crippen LogP contribution in [0.15, 0.2) is 121 Å². The highest BCUT2D eigenvalue weighted by Crippen LogP contribution is 2.77. The Bertz CT molecular complexity index is 1120. The molecule has 2 fully saturated rings. The molecule has 3 atom stereocenters. The van der Waals surface area contributed by atoms with E-state index in [2.05, 4.69) is 126 Å². The molecule has 4 aromatic rings. The van der Waals surface area contributed by atoms with E-state index in [0.29, 0.717) is 17.4 Å². The minimum absolute atomic E-state index is 0.423. The maximum absolute atomic E-state index is 3.13. The van der Waals surface area contributed by atoms with Crippen LogP contribution in [0.5, 0.6) is 0 Å². The third-order valence-electron chi connectivity index (χ3n) is 7.82. The summed E-state index contributed by atoms with van der Waals surface area (Å²) < 4.78 is 3.13. The maximum atomic E-state index is 3.13. The lowest BCUT2D eigenvalue weighted by molar-refractivity contribution is 0.499. The van der Waals surface area contributed by atoms with Crippen LogP contribution in [0.2, 0.25) is 0 Å². The van der Waals surface area contributed by atoms with Crippen LogP contribution in [0.1, 0.15) is 61.0 Å². The Balaban J connectivity index is 1.53. The van der Waals surface area contributed by atoms with Gasteiger partial charge < -0.3 is 0 Å². The molecule has 1 saturated heterocycles. The van der Waals surface area contributed by atoms with Gasteiger partial charge >= 0.3 is 0 Å². The summed E-state index contributed by atoms with van der Waals surface area (Å²) in [5.74, 6) is 0. The van der Waals surface area contributed by atoms with Crippen molar-refractivity contribution in [1.82, 2.24) is 4.44 Å². The summed E-state index contributed by atoms with van der Waals surface area (Å²) >= 11 is 0. The Morgan fingerprint density at radius 2 is 0.889 bits per heavy atom. The number of nitrogens with zero attached hydrogens (tertiary/aromatic N) is 1. The van der Waals surface area contributed by atoms with E-state index in [0.717, 1.165) is 0 Å². The van der Waals surface area contributed by atoms with Crippen molar-refractivity contribution in [3.05, 3.63) is 132 Å². The highest BCUT2D eigenvalue weighted by atomic mass is 31.2. The molecule has 3 heteroatoms. The molecule has 182 valence electrons. The van der Waals surface area contributed by atoms with E-state index in [1.165, 1.54) is 49.1 Å². The summed E-state index contributed by atoms with van der Waals surface area (Å²) in [4.78, 5) is 0. The Labute approximate surface area is 219 Å². The molecule has 0 spiro atoms. The Morgan fingerprint density at radius 3 is 1.31 bits per heavy atom. The number of hydrogen-bond donors (Lipinski definition) is 0. The van der Waals surface area contributed by atoms with Gasteiger partial charge in [-0.2, -0.15) is 0 Å². The van der Waals surface area contributed by atoms with Crippen LogP contribution in [-0.2, 0) is 0 Å². The third-order valence-corrected chi connectivity index (χ3v) is 14.5. The van der Waals surface area contributed by atoms with Crippen molar-refractivity contribution in [1.29, 1.82) is 0 Å². The van der Waals surface area contributed by atoms with E-state index >= 15 is 0 Å². The Morgan fingerprint density at radius 1 is 0.500 bits per heavy atom. The molecule has 36 heavy (non-hydrogen) atoms. The van der Waals surface area contributed by atoms with E-state index in [9.17, 15) is 0 Å². The molecule has 0 aromatic heterocycles. The standard InChI is InChI=1S/C33H35NP2/c1-5-15-27(16-6-1)32-25-26-33(28-17-7-2-8-18-28)36(32)34(29-19-13-14-20-29)35(30-21-9-3-10-22-30)31-23-11-4-12-24-31/h1-12,15-18,21-24,29,32-33H,13-14,19-20,25-26H2/t32-,33?,36?/m0/s1. The molecule has 1 aliphatic carbocycles. The van der Waals surface area contributed by atoms with E-state index < -0.39 is 16.1 Å². The fourth-order valence-corrected chi connectivity index (χ4v) is 14.0. The zero-order valence-electron chi connectivity index (χ0n) is 20.9. The first-order valence-corrected chi connectivity index (χ1v) is 16.2. The van der Waals surface area contributed by atoms with Crippen molar-refractivity contribution in [2.45, 2.75) is 55.9 Å². The van der Waals surface area contributed by atoms with Crippen molar-refractivity contribution in [3.8, 4) is 0 Å². The van der Waals surface area contributed by atoms with Crippen molar-refractivity contribution >= 4 is 26.8 Å². The third kappa shape index (κ3) is 4.95. The van der Waals surface area contributed by atoms with Crippen LogP contribution < -0.4 is 10.6 Å². The first kappa shape index (κ1) is 24.1. The van der Waals surface area contributed by atoms with Crippen LogP contribution in [0.25, 0.3) is 0 Å². The largest absolute Gasteiger partial charge is 0.248 e. The molecule has 2 unspecified atom stereocenters. The first-order chi connectivity index (χ1) is 17.9. The zero-order chi connectivity index (χ0) is 24.2. The molecule has 0 N–H and O–H groups in total. The average molecular weight is 508 g/mol. The van der Waals surface area contributed by atoms with Crippen LogP contribution in [0, 0.1) is 0 Å². The van der Waals surface area contributed by atoms with E-state index in [-0.39, 0.29) is 0 Å². The van der Waals surface area contributed by atoms with Crippen molar-refractivity contribution < 1.29 is 0 Å². The number of hydrogen-bond acceptors (Lipinski definition) is 1. The summed E-state index contributed by atoms with van der Waals surface area (Å²) in [5.41, 5.74) is 4.32. The summed E-state index contributed by atoms with van der Waals surface area (Å²) in [7, 11) is -1.03. The summed E-state index contributed by atoms with van der Waals surface area (Å²) in [5, 5.41) is 3.00. The van der Waals surface area contributed by atoms with E-state index in [1.54, 1.807) is 11.1 Å². The lowest BCUT2D eigenvalue weighted by atomic mass is 10.0. The molecule has 1 heterocycles. The fourth-order valence-electron chi connectivity index (χ4n) is 6.19. The van der Waals surface area contributed by atoms with Crippen LogP contribution in [-0.4, -0.2) is 10.5 Å². The molecule has 1 nitrogen and oxygen atoms in total. The van der Waals surface area contributed by atoms with Gasteiger partial charge in [0.15, 0.2) is 0 Å². The smallest absolute Gasteiger partial charge is 0.0321 e. The molecule has 6 rings (SSSR count). The van der Waals surface area contributed by atoms with Crippen molar-refractivity contribution in [2.24, 2.45) is 0 Å². The molecule has 4 aromatic carbocycles. The molecular weight excluding hydrogens is 472 g/mol. The monoisotopic (exact) mass is 507 g/mol. The van der Waals surface area contributed by atoms with Gasteiger partial charge in [-0.15, -0.1) is 0 Å². The van der Waals surface area contributed by atoms with Gasteiger partial charge in [0.1, 0.15) is 0 Å². The van der Waals surface area contributed by atoms with Crippen molar-refractivity contribution in [2.75, 3.05) is 0 Å². The quantitative estimate of drug-likeness (QED) is 0.226. The molecule has 1 aliphatic heterocycles. The van der Waals surface area contributed by atoms with Gasteiger partial charge in [0.2, 0.25) is 0 Å². The molecule has 0 amide bonds. The van der Waals surface area contributed by atoms with Gasteiger partial charge in [0.05, 0.1) is 0 Å². The Kier molecular flexibility index (Phi) is 7.62. The summed E-state index contributed by atoms with van der Waals surface area (Å²) in [6.45, 7) is 0. The first-order valence-electron chi connectivity index (χ1n) is 13.5. The van der Waals surface area contributed by atoms with Gasteiger partial charge in [-0.1, -0.05) is 134 Å². The normalized spacial score (nSPS) is 22.4. The average Bonchev–Trinajstić information content (AvgIpc) is 3.65. The summed E-state index contributed by atoms with van der Waals surface area (Å²) in [6, 6.07) is 46.4. The Hall–Kier alpha value is -2.30. The number of benzene rings is 4. The lowest BCUT2D eigenvalue weighted by Crippen LogP contribution is -2.33. The highest BCUT2D eigenvalue weighted by Gasteiger charge is 2.47. The van der Waals surface area contributed by atoms with Gasteiger partial charge in [-0.3, -0.25) is 0 Å². The minimum Gasteiger partial charge on any atom is -0.248 e. The van der Waals surface area contributed by atoms with Crippen LogP contribution >= 0.6 is 16.1 Å². The SMILES string of the molecule is c1ccc(C2CC[C@@H](c3ccccc3)P2N(C2CCCC2)P(c2ccccc2)c2ccccc2)cc1. The van der Waals surface area contributed by atoms with Gasteiger partial charge in [0.25, 0.3) is 0 Å². The maximum Gasteiger partial charge on any atom is 0.0321 e. The molecule has 0 bridgehead atoms. The fraction of sp³-hybridized carbons (Fsp3) is 0.273. The van der Waals surface area contributed by atoms with Crippen LogP contribution in [0.3, 0.4) is 0 Å². The van der Waals surface area contributed by atoms with Gasteiger partial charge in [-0.25, -0.2) is 4.44 Å². The van der Waals surface area contributed by atoms with Crippen molar-refractivity contribution in [3.63, 3.8) is 0 Å². The second kappa shape index (κ2) is 11.4. The highest BCUT2D eigenvalue weighted by molar-refractivity contribution is 7.79. The van der Waals surface area contributed by atoms with Crippen LogP contribution in [0.4, 0.5) is 0 Å². The molecule has 1 saturated carbocycles.